The average molecular weight is 395 g/mol. The van der Waals surface area contributed by atoms with Crippen LogP contribution in [0.3, 0.4) is 0 Å². The Labute approximate surface area is 167 Å². The van der Waals surface area contributed by atoms with Crippen LogP contribution < -0.4 is 10.1 Å². The van der Waals surface area contributed by atoms with E-state index in [-0.39, 0.29) is 25.2 Å². The second kappa shape index (κ2) is 9.71. The lowest BCUT2D eigenvalue weighted by Gasteiger charge is -2.13. The Hall–Kier alpha value is -3.12. The highest BCUT2D eigenvalue weighted by Crippen LogP contribution is 2.18. The molecule has 0 spiro atoms. The van der Waals surface area contributed by atoms with E-state index < -0.39 is 5.97 Å². The molecule has 1 amide bonds. The van der Waals surface area contributed by atoms with Crippen molar-refractivity contribution in [1.82, 2.24) is 5.32 Å². The number of thiophene rings is 1. The quantitative estimate of drug-likeness (QED) is 0.576. The Morgan fingerprint density at radius 1 is 1.00 bits per heavy atom. The van der Waals surface area contributed by atoms with Crippen LogP contribution in [0.2, 0.25) is 0 Å². The Bertz CT molecular complexity index is 909. The number of rotatable bonds is 8. The van der Waals surface area contributed by atoms with Crippen molar-refractivity contribution >= 4 is 23.2 Å². The van der Waals surface area contributed by atoms with E-state index in [9.17, 15) is 9.59 Å². The molecule has 0 aliphatic rings. The maximum Gasteiger partial charge on any atom is 0.339 e. The topological polar surface area (TPSA) is 64.6 Å². The highest BCUT2D eigenvalue weighted by atomic mass is 32.1. The van der Waals surface area contributed by atoms with Gasteiger partial charge in [0.05, 0.1) is 11.6 Å². The Morgan fingerprint density at radius 2 is 1.75 bits per heavy atom. The largest absolute Gasteiger partial charge is 0.489 e. The molecule has 5 nitrogen and oxygen atoms in total. The van der Waals surface area contributed by atoms with E-state index in [1.807, 2.05) is 60.8 Å². The van der Waals surface area contributed by atoms with Crippen LogP contribution in [0.5, 0.6) is 5.75 Å². The lowest BCUT2D eigenvalue weighted by molar-refractivity contribution is -0.124. The van der Waals surface area contributed by atoms with Gasteiger partial charge in [0.15, 0.2) is 6.61 Å². The number of ether oxygens (including phenoxy) is 2. The third-order valence-corrected chi connectivity index (χ3v) is 5.11. The number of nitrogens with one attached hydrogen (secondary N) is 1. The summed E-state index contributed by atoms with van der Waals surface area (Å²) < 4.78 is 10.9. The van der Waals surface area contributed by atoms with Crippen LogP contribution in [-0.2, 0) is 16.1 Å². The van der Waals surface area contributed by atoms with Gasteiger partial charge in [-0.25, -0.2) is 4.79 Å². The van der Waals surface area contributed by atoms with Crippen LogP contribution in [0, 0.1) is 0 Å². The normalized spacial score (nSPS) is 11.5. The van der Waals surface area contributed by atoms with Crippen molar-refractivity contribution in [1.29, 1.82) is 0 Å². The van der Waals surface area contributed by atoms with Gasteiger partial charge in [-0.3, -0.25) is 4.79 Å². The molecule has 0 aliphatic carbocycles. The third kappa shape index (κ3) is 5.44. The van der Waals surface area contributed by atoms with Gasteiger partial charge in [-0.05, 0) is 36.6 Å². The zero-order valence-corrected chi connectivity index (χ0v) is 16.3. The van der Waals surface area contributed by atoms with E-state index >= 15 is 0 Å². The van der Waals surface area contributed by atoms with Gasteiger partial charge in [0.2, 0.25) is 0 Å². The summed E-state index contributed by atoms with van der Waals surface area (Å²) in [7, 11) is 0. The molecule has 1 N–H and O–H groups in total. The molecular formula is C22H21NO4S. The number of benzene rings is 2. The number of carbonyl (C=O) groups excluding carboxylic acids is 2. The fourth-order valence-corrected chi connectivity index (χ4v) is 3.36. The predicted octanol–water partition coefficient (Wildman–Crippen LogP) is 4.36. The van der Waals surface area contributed by atoms with Crippen molar-refractivity contribution in [2.45, 2.75) is 19.6 Å². The summed E-state index contributed by atoms with van der Waals surface area (Å²) in [6.45, 7) is 1.79. The van der Waals surface area contributed by atoms with Gasteiger partial charge in [0.25, 0.3) is 5.91 Å². The van der Waals surface area contributed by atoms with Gasteiger partial charge in [-0.1, -0.05) is 42.5 Å². The SMILES string of the molecule is C[C@@H](NC(=O)COC(=O)c1ccccc1COc1ccccc1)c1cccs1. The van der Waals surface area contributed by atoms with E-state index in [0.29, 0.717) is 16.9 Å². The summed E-state index contributed by atoms with van der Waals surface area (Å²) in [5.41, 5.74) is 1.08. The van der Waals surface area contributed by atoms with Crippen molar-refractivity contribution in [3.8, 4) is 5.75 Å². The second-order valence-electron chi connectivity index (χ2n) is 6.14. The highest BCUT2D eigenvalue weighted by molar-refractivity contribution is 7.10. The first kappa shape index (κ1) is 19.6. The Balaban J connectivity index is 1.54. The fraction of sp³-hybridized carbons (Fsp3) is 0.182. The monoisotopic (exact) mass is 395 g/mol. The summed E-state index contributed by atoms with van der Waals surface area (Å²) in [6.07, 6.45) is 0. The molecule has 28 heavy (non-hydrogen) atoms. The minimum Gasteiger partial charge on any atom is -0.489 e. The molecule has 1 heterocycles. The average Bonchev–Trinajstić information content (AvgIpc) is 3.26. The molecule has 144 valence electrons. The van der Waals surface area contributed by atoms with Crippen LogP contribution >= 0.6 is 11.3 Å². The molecule has 0 fully saturated rings. The molecule has 0 saturated heterocycles. The first-order valence-corrected chi connectivity index (χ1v) is 9.77. The molecule has 0 saturated carbocycles. The maximum absolute atomic E-state index is 12.4. The van der Waals surface area contributed by atoms with Crippen LogP contribution in [0.25, 0.3) is 0 Å². The van der Waals surface area contributed by atoms with Crippen molar-refractivity contribution < 1.29 is 19.1 Å². The zero-order valence-electron chi connectivity index (χ0n) is 15.5. The maximum atomic E-state index is 12.4. The predicted molar refractivity (Wildman–Crippen MR) is 108 cm³/mol. The smallest absolute Gasteiger partial charge is 0.339 e. The van der Waals surface area contributed by atoms with E-state index in [1.54, 1.807) is 29.5 Å². The minimum absolute atomic E-state index is 0.127. The molecule has 0 aliphatic heterocycles. The van der Waals surface area contributed by atoms with E-state index in [1.165, 1.54) is 0 Å². The van der Waals surface area contributed by atoms with Crippen LogP contribution in [0.15, 0.2) is 72.1 Å². The van der Waals surface area contributed by atoms with Gasteiger partial charge in [0, 0.05) is 10.4 Å². The van der Waals surface area contributed by atoms with Gasteiger partial charge in [-0.15, -0.1) is 11.3 Å². The van der Waals surface area contributed by atoms with Gasteiger partial charge in [-0.2, -0.15) is 0 Å². The molecule has 1 aromatic heterocycles. The van der Waals surface area contributed by atoms with Crippen LogP contribution in [-0.4, -0.2) is 18.5 Å². The second-order valence-corrected chi connectivity index (χ2v) is 7.12. The number of esters is 1. The Kier molecular flexibility index (Phi) is 6.81. The van der Waals surface area contributed by atoms with Crippen molar-refractivity contribution in [3.63, 3.8) is 0 Å². The molecular weight excluding hydrogens is 374 g/mol. The van der Waals surface area contributed by atoms with Gasteiger partial charge >= 0.3 is 5.97 Å². The van der Waals surface area contributed by atoms with E-state index in [2.05, 4.69) is 5.32 Å². The Morgan fingerprint density at radius 3 is 2.50 bits per heavy atom. The van der Waals surface area contributed by atoms with E-state index in [4.69, 9.17) is 9.47 Å². The molecule has 0 bridgehead atoms. The summed E-state index contributed by atoms with van der Waals surface area (Å²) in [5, 5.41) is 4.77. The lowest BCUT2D eigenvalue weighted by Crippen LogP contribution is -2.30. The van der Waals surface area contributed by atoms with Gasteiger partial charge < -0.3 is 14.8 Å². The molecule has 0 unspecified atom stereocenters. The summed E-state index contributed by atoms with van der Waals surface area (Å²) in [5.74, 6) is -0.175. The van der Waals surface area contributed by atoms with Crippen molar-refractivity contribution in [3.05, 3.63) is 88.1 Å². The minimum atomic E-state index is -0.550. The molecule has 3 rings (SSSR count). The van der Waals surface area contributed by atoms with E-state index in [0.717, 1.165) is 4.88 Å². The number of para-hydroxylation sites is 1. The third-order valence-electron chi connectivity index (χ3n) is 4.06. The first-order valence-electron chi connectivity index (χ1n) is 8.89. The number of amides is 1. The fourth-order valence-electron chi connectivity index (χ4n) is 2.62. The summed E-state index contributed by atoms with van der Waals surface area (Å²) in [4.78, 5) is 25.6. The van der Waals surface area contributed by atoms with Crippen molar-refractivity contribution in [2.24, 2.45) is 0 Å². The summed E-state index contributed by atoms with van der Waals surface area (Å²) >= 11 is 1.56. The number of hydrogen-bond donors (Lipinski definition) is 1. The first-order chi connectivity index (χ1) is 13.6. The summed E-state index contributed by atoms with van der Waals surface area (Å²) in [6, 6.07) is 20.2. The molecule has 3 aromatic rings. The van der Waals surface area contributed by atoms with Crippen LogP contribution in [0.1, 0.15) is 33.8 Å². The molecule has 0 radical (unpaired) electrons. The standard InChI is InChI=1S/C22H21NO4S/c1-16(20-12-7-13-28-20)23-21(24)15-27-22(25)19-11-6-5-8-17(19)14-26-18-9-3-2-4-10-18/h2-13,16H,14-15H2,1H3,(H,23,24)/t16-/m1/s1. The highest BCUT2D eigenvalue weighted by Gasteiger charge is 2.16. The van der Waals surface area contributed by atoms with Crippen LogP contribution in [0.4, 0.5) is 0 Å². The van der Waals surface area contributed by atoms with Crippen molar-refractivity contribution in [2.75, 3.05) is 6.61 Å². The molecule has 1 atom stereocenters. The number of hydrogen-bond acceptors (Lipinski definition) is 5. The zero-order chi connectivity index (χ0) is 19.8. The molecule has 6 heteroatoms. The number of carbonyl (C=O) groups is 2. The lowest BCUT2D eigenvalue weighted by atomic mass is 10.1. The van der Waals surface area contributed by atoms with Gasteiger partial charge in [0.1, 0.15) is 12.4 Å². The molecule has 2 aromatic carbocycles.